The summed E-state index contributed by atoms with van der Waals surface area (Å²) in [7, 11) is 0. The van der Waals surface area contributed by atoms with Crippen LogP contribution in [-0.2, 0) is 11.2 Å². The summed E-state index contributed by atoms with van der Waals surface area (Å²) >= 11 is 5.93. The Morgan fingerprint density at radius 2 is 1.77 bits per heavy atom. The van der Waals surface area contributed by atoms with Crippen molar-refractivity contribution in [3.63, 3.8) is 0 Å². The summed E-state index contributed by atoms with van der Waals surface area (Å²) in [6, 6.07) is 17.7. The number of nitrogens with two attached hydrogens (primary N) is 1. The van der Waals surface area contributed by atoms with Gasteiger partial charge in [-0.05, 0) is 42.6 Å². The summed E-state index contributed by atoms with van der Waals surface area (Å²) in [5.41, 5.74) is 7.70. The zero-order valence-corrected chi connectivity index (χ0v) is 13.2. The fourth-order valence-corrected chi connectivity index (χ4v) is 2.45. The van der Waals surface area contributed by atoms with Gasteiger partial charge in [0.25, 0.3) is 0 Å². The van der Waals surface area contributed by atoms with Crippen LogP contribution in [0, 0.1) is 0 Å². The first-order valence-electron chi connectivity index (χ1n) is 7.48. The molecule has 2 aromatic carbocycles. The highest BCUT2D eigenvalue weighted by Crippen LogP contribution is 2.20. The summed E-state index contributed by atoms with van der Waals surface area (Å²) in [5.74, 6) is 0.0354. The minimum atomic E-state index is -0.0485. The van der Waals surface area contributed by atoms with E-state index in [1.165, 1.54) is 0 Å². The standard InChI is InChI=1S/C18H21ClN2O/c19-16-10-8-14(9-11-16)13-17(15-5-2-1-3-6-15)21-18(22)7-4-12-20/h1-3,5-6,8-11,17H,4,7,12-13,20H2,(H,21,22). The van der Waals surface area contributed by atoms with Gasteiger partial charge in [-0.3, -0.25) is 4.79 Å². The monoisotopic (exact) mass is 316 g/mol. The second-order valence-corrected chi connectivity index (χ2v) is 5.69. The molecule has 1 amide bonds. The van der Waals surface area contributed by atoms with Gasteiger partial charge in [0.1, 0.15) is 0 Å². The van der Waals surface area contributed by atoms with Crippen molar-refractivity contribution in [2.24, 2.45) is 5.73 Å². The average Bonchev–Trinajstić information content (AvgIpc) is 2.55. The zero-order valence-electron chi connectivity index (χ0n) is 12.5. The van der Waals surface area contributed by atoms with Crippen molar-refractivity contribution in [1.82, 2.24) is 5.32 Å². The molecule has 1 unspecified atom stereocenters. The lowest BCUT2D eigenvalue weighted by Crippen LogP contribution is -2.30. The largest absolute Gasteiger partial charge is 0.349 e. The van der Waals surface area contributed by atoms with E-state index in [9.17, 15) is 4.79 Å². The number of rotatable bonds is 7. The van der Waals surface area contributed by atoms with E-state index in [4.69, 9.17) is 17.3 Å². The molecule has 0 aliphatic rings. The Hall–Kier alpha value is -1.84. The van der Waals surface area contributed by atoms with Gasteiger partial charge in [0.2, 0.25) is 5.91 Å². The molecular formula is C18H21ClN2O. The summed E-state index contributed by atoms with van der Waals surface area (Å²) in [4.78, 5) is 12.0. The Kier molecular flexibility index (Phi) is 6.44. The number of amides is 1. The summed E-state index contributed by atoms with van der Waals surface area (Å²) in [6.45, 7) is 0.528. The smallest absolute Gasteiger partial charge is 0.220 e. The molecule has 2 rings (SSSR count). The normalized spacial score (nSPS) is 11.9. The van der Waals surface area contributed by atoms with Gasteiger partial charge in [-0.1, -0.05) is 54.1 Å². The molecular weight excluding hydrogens is 296 g/mol. The summed E-state index contributed by atoms with van der Waals surface area (Å²) in [6.07, 6.45) is 1.89. The van der Waals surface area contributed by atoms with Crippen molar-refractivity contribution >= 4 is 17.5 Å². The average molecular weight is 317 g/mol. The van der Waals surface area contributed by atoms with Crippen LogP contribution in [0.5, 0.6) is 0 Å². The second-order valence-electron chi connectivity index (χ2n) is 5.25. The molecule has 0 aliphatic heterocycles. The molecule has 4 heteroatoms. The van der Waals surface area contributed by atoms with Gasteiger partial charge in [0.05, 0.1) is 6.04 Å². The van der Waals surface area contributed by atoms with Crippen molar-refractivity contribution in [3.8, 4) is 0 Å². The lowest BCUT2D eigenvalue weighted by molar-refractivity contribution is -0.121. The van der Waals surface area contributed by atoms with Gasteiger partial charge < -0.3 is 11.1 Å². The van der Waals surface area contributed by atoms with Crippen LogP contribution in [0.25, 0.3) is 0 Å². The Labute approximate surface area is 136 Å². The van der Waals surface area contributed by atoms with Crippen LogP contribution in [0.3, 0.4) is 0 Å². The van der Waals surface area contributed by atoms with Crippen molar-refractivity contribution in [1.29, 1.82) is 0 Å². The number of carbonyl (C=O) groups excluding carboxylic acids is 1. The first kappa shape index (κ1) is 16.5. The number of nitrogens with one attached hydrogen (secondary N) is 1. The van der Waals surface area contributed by atoms with Crippen LogP contribution in [-0.4, -0.2) is 12.5 Å². The van der Waals surface area contributed by atoms with Crippen LogP contribution in [0.4, 0.5) is 0 Å². The van der Waals surface area contributed by atoms with Crippen LogP contribution in [0.2, 0.25) is 5.02 Å². The molecule has 3 N–H and O–H groups in total. The van der Waals surface area contributed by atoms with E-state index in [2.05, 4.69) is 5.32 Å². The van der Waals surface area contributed by atoms with E-state index in [0.717, 1.165) is 17.5 Å². The molecule has 3 nitrogen and oxygen atoms in total. The van der Waals surface area contributed by atoms with Crippen LogP contribution < -0.4 is 11.1 Å². The molecule has 0 radical (unpaired) electrons. The number of hydrogen-bond acceptors (Lipinski definition) is 2. The fourth-order valence-electron chi connectivity index (χ4n) is 2.32. The van der Waals surface area contributed by atoms with Gasteiger partial charge in [0, 0.05) is 11.4 Å². The highest BCUT2D eigenvalue weighted by molar-refractivity contribution is 6.30. The zero-order chi connectivity index (χ0) is 15.8. The molecule has 2 aromatic rings. The first-order chi connectivity index (χ1) is 10.7. The molecule has 116 valence electrons. The van der Waals surface area contributed by atoms with Crippen molar-refractivity contribution in [2.75, 3.05) is 6.54 Å². The molecule has 0 spiro atoms. The molecule has 22 heavy (non-hydrogen) atoms. The second kappa shape index (κ2) is 8.57. The maximum absolute atomic E-state index is 12.0. The van der Waals surface area contributed by atoms with E-state index < -0.39 is 0 Å². The minimum Gasteiger partial charge on any atom is -0.349 e. The van der Waals surface area contributed by atoms with Gasteiger partial charge >= 0.3 is 0 Å². The Morgan fingerprint density at radius 3 is 2.41 bits per heavy atom. The van der Waals surface area contributed by atoms with E-state index in [1.807, 2.05) is 54.6 Å². The van der Waals surface area contributed by atoms with Crippen molar-refractivity contribution in [2.45, 2.75) is 25.3 Å². The van der Waals surface area contributed by atoms with Gasteiger partial charge in [0.15, 0.2) is 0 Å². The molecule has 0 saturated heterocycles. The predicted molar refractivity (Wildman–Crippen MR) is 90.8 cm³/mol. The number of benzene rings is 2. The van der Waals surface area contributed by atoms with Crippen LogP contribution in [0.15, 0.2) is 54.6 Å². The maximum Gasteiger partial charge on any atom is 0.220 e. The quantitative estimate of drug-likeness (QED) is 0.821. The highest BCUT2D eigenvalue weighted by Gasteiger charge is 2.15. The van der Waals surface area contributed by atoms with Crippen molar-refractivity contribution in [3.05, 3.63) is 70.7 Å². The maximum atomic E-state index is 12.0. The Bertz CT molecular complexity index is 584. The predicted octanol–water partition coefficient (Wildman–Crippen LogP) is 3.48. The lowest BCUT2D eigenvalue weighted by atomic mass is 9.98. The van der Waals surface area contributed by atoms with Crippen molar-refractivity contribution < 1.29 is 4.79 Å². The van der Waals surface area contributed by atoms with Gasteiger partial charge in [-0.25, -0.2) is 0 Å². The van der Waals surface area contributed by atoms with E-state index >= 15 is 0 Å². The summed E-state index contributed by atoms with van der Waals surface area (Å²) in [5, 5.41) is 3.82. The van der Waals surface area contributed by atoms with Crippen LogP contribution >= 0.6 is 11.6 Å². The third-order valence-electron chi connectivity index (χ3n) is 3.50. The Balaban J connectivity index is 2.11. The number of halogens is 1. The highest BCUT2D eigenvalue weighted by atomic mass is 35.5. The SMILES string of the molecule is NCCCC(=O)NC(Cc1ccc(Cl)cc1)c1ccccc1. The molecule has 0 bridgehead atoms. The molecule has 0 heterocycles. The van der Waals surface area contributed by atoms with Gasteiger partial charge in [-0.2, -0.15) is 0 Å². The first-order valence-corrected chi connectivity index (χ1v) is 7.85. The fraction of sp³-hybridized carbons (Fsp3) is 0.278. The van der Waals surface area contributed by atoms with Gasteiger partial charge in [-0.15, -0.1) is 0 Å². The van der Waals surface area contributed by atoms with Crippen LogP contribution in [0.1, 0.15) is 30.0 Å². The number of carbonyl (C=O) groups is 1. The molecule has 0 saturated carbocycles. The topological polar surface area (TPSA) is 55.1 Å². The third kappa shape index (κ3) is 5.17. The van der Waals surface area contributed by atoms with E-state index in [-0.39, 0.29) is 11.9 Å². The molecule has 1 atom stereocenters. The lowest BCUT2D eigenvalue weighted by Gasteiger charge is -2.19. The third-order valence-corrected chi connectivity index (χ3v) is 3.75. The minimum absolute atomic E-state index is 0.0354. The van der Waals surface area contributed by atoms with E-state index in [1.54, 1.807) is 0 Å². The number of hydrogen-bond donors (Lipinski definition) is 2. The molecule has 0 fully saturated rings. The summed E-state index contributed by atoms with van der Waals surface area (Å²) < 4.78 is 0. The molecule has 0 aliphatic carbocycles. The Morgan fingerprint density at radius 1 is 1.09 bits per heavy atom. The molecule has 0 aromatic heterocycles. The van der Waals surface area contributed by atoms with E-state index in [0.29, 0.717) is 24.4 Å².